The van der Waals surface area contributed by atoms with Crippen LogP contribution in [-0.4, -0.2) is 15.2 Å². The average molecular weight is 235 g/mol. The molecule has 1 unspecified atom stereocenters. The van der Waals surface area contributed by atoms with E-state index in [1.165, 1.54) is 0 Å². The second-order valence-electron chi connectivity index (χ2n) is 3.30. The van der Waals surface area contributed by atoms with Crippen molar-refractivity contribution in [2.24, 2.45) is 0 Å². The summed E-state index contributed by atoms with van der Waals surface area (Å²) in [7, 11) is 0. The molecule has 0 aliphatic carbocycles. The van der Waals surface area contributed by atoms with Gasteiger partial charge in [0.1, 0.15) is 0 Å². The number of aryl methyl sites for hydroxylation is 1. The fourth-order valence-electron chi connectivity index (χ4n) is 1.41. The van der Waals surface area contributed by atoms with E-state index in [1.54, 1.807) is 6.20 Å². The number of alkyl halides is 1. The van der Waals surface area contributed by atoms with Crippen molar-refractivity contribution in [1.82, 2.24) is 9.78 Å². The Labute approximate surface area is 95.2 Å². The maximum Gasteiger partial charge on any atom is 0.0817 e. The SMILES string of the molecule is CCC(Cl)CCc1c(Cl)cnn1CC. The first-order valence-electron chi connectivity index (χ1n) is 5.03. The van der Waals surface area contributed by atoms with Crippen LogP contribution >= 0.6 is 23.2 Å². The van der Waals surface area contributed by atoms with E-state index >= 15 is 0 Å². The highest BCUT2D eigenvalue weighted by Gasteiger charge is 2.09. The second-order valence-corrected chi connectivity index (χ2v) is 4.32. The molecule has 0 bridgehead atoms. The third-order valence-corrected chi connectivity index (χ3v) is 3.18. The van der Waals surface area contributed by atoms with E-state index in [1.807, 2.05) is 4.68 Å². The van der Waals surface area contributed by atoms with Gasteiger partial charge in [0.2, 0.25) is 0 Å². The standard InChI is InChI=1S/C10H16Cl2N2/c1-3-8(11)5-6-10-9(12)7-13-14(10)4-2/h7-8H,3-6H2,1-2H3. The minimum atomic E-state index is 0.242. The summed E-state index contributed by atoms with van der Waals surface area (Å²) in [6.45, 7) is 5.02. The van der Waals surface area contributed by atoms with Gasteiger partial charge in [-0.3, -0.25) is 4.68 Å². The first-order chi connectivity index (χ1) is 6.69. The van der Waals surface area contributed by atoms with E-state index in [-0.39, 0.29) is 5.38 Å². The van der Waals surface area contributed by atoms with Gasteiger partial charge in [0.25, 0.3) is 0 Å². The van der Waals surface area contributed by atoms with E-state index in [4.69, 9.17) is 23.2 Å². The van der Waals surface area contributed by atoms with Crippen LogP contribution in [-0.2, 0) is 13.0 Å². The highest BCUT2D eigenvalue weighted by molar-refractivity contribution is 6.31. The lowest BCUT2D eigenvalue weighted by atomic mass is 10.1. The summed E-state index contributed by atoms with van der Waals surface area (Å²) in [4.78, 5) is 0. The lowest BCUT2D eigenvalue weighted by Gasteiger charge is -2.08. The highest BCUT2D eigenvalue weighted by atomic mass is 35.5. The zero-order valence-corrected chi connectivity index (χ0v) is 10.1. The summed E-state index contributed by atoms with van der Waals surface area (Å²) in [5.41, 5.74) is 1.10. The zero-order chi connectivity index (χ0) is 10.6. The average Bonchev–Trinajstić information content (AvgIpc) is 2.55. The van der Waals surface area contributed by atoms with E-state index in [2.05, 4.69) is 18.9 Å². The van der Waals surface area contributed by atoms with Gasteiger partial charge in [-0.15, -0.1) is 11.6 Å². The quantitative estimate of drug-likeness (QED) is 0.714. The van der Waals surface area contributed by atoms with Crippen LogP contribution in [0.4, 0.5) is 0 Å². The Balaban J connectivity index is 2.60. The fourth-order valence-corrected chi connectivity index (χ4v) is 1.75. The lowest BCUT2D eigenvalue weighted by Crippen LogP contribution is -2.06. The topological polar surface area (TPSA) is 17.8 Å². The van der Waals surface area contributed by atoms with Crippen LogP contribution in [0.15, 0.2) is 6.20 Å². The van der Waals surface area contributed by atoms with Gasteiger partial charge in [-0.25, -0.2) is 0 Å². The molecule has 0 radical (unpaired) electrons. The van der Waals surface area contributed by atoms with Gasteiger partial charge < -0.3 is 0 Å². The van der Waals surface area contributed by atoms with Crippen LogP contribution in [0.2, 0.25) is 5.02 Å². The van der Waals surface area contributed by atoms with Crippen LogP contribution in [0, 0.1) is 0 Å². The predicted molar refractivity (Wildman–Crippen MR) is 61.2 cm³/mol. The van der Waals surface area contributed by atoms with E-state index < -0.39 is 0 Å². The largest absolute Gasteiger partial charge is 0.268 e. The molecule has 0 aliphatic heterocycles. The molecule has 0 N–H and O–H groups in total. The van der Waals surface area contributed by atoms with Crippen LogP contribution in [0.5, 0.6) is 0 Å². The van der Waals surface area contributed by atoms with Crippen molar-refractivity contribution in [2.45, 2.75) is 45.0 Å². The molecule has 0 amide bonds. The molecule has 0 aliphatic rings. The summed E-state index contributed by atoms with van der Waals surface area (Å²) in [6, 6.07) is 0. The van der Waals surface area contributed by atoms with Crippen LogP contribution in [0.3, 0.4) is 0 Å². The third kappa shape index (κ3) is 2.89. The van der Waals surface area contributed by atoms with Crippen LogP contribution in [0.1, 0.15) is 32.4 Å². The summed E-state index contributed by atoms with van der Waals surface area (Å²) in [5, 5.41) is 5.18. The minimum Gasteiger partial charge on any atom is -0.268 e. The van der Waals surface area contributed by atoms with Crippen molar-refractivity contribution < 1.29 is 0 Å². The number of hydrogen-bond acceptors (Lipinski definition) is 1. The van der Waals surface area contributed by atoms with E-state index in [0.717, 1.165) is 36.5 Å². The Kier molecular flexibility index (Phi) is 4.76. The first kappa shape index (κ1) is 11.9. The molecule has 2 nitrogen and oxygen atoms in total. The molecule has 0 saturated carbocycles. The maximum absolute atomic E-state index is 6.06. The molecule has 1 aromatic rings. The van der Waals surface area contributed by atoms with Gasteiger partial charge in [-0.2, -0.15) is 5.10 Å². The molecule has 4 heteroatoms. The van der Waals surface area contributed by atoms with Crippen molar-refractivity contribution in [3.63, 3.8) is 0 Å². The number of halogens is 2. The lowest BCUT2D eigenvalue weighted by molar-refractivity contribution is 0.601. The molecule has 0 aromatic carbocycles. The Morgan fingerprint density at radius 3 is 2.79 bits per heavy atom. The summed E-state index contributed by atoms with van der Waals surface area (Å²) >= 11 is 12.1. The van der Waals surface area contributed by atoms with Crippen molar-refractivity contribution >= 4 is 23.2 Å². The van der Waals surface area contributed by atoms with Gasteiger partial charge in [-0.05, 0) is 26.2 Å². The molecule has 0 fully saturated rings. The molecule has 80 valence electrons. The van der Waals surface area contributed by atoms with Crippen molar-refractivity contribution in [3.05, 3.63) is 16.9 Å². The van der Waals surface area contributed by atoms with Gasteiger partial charge in [0.05, 0.1) is 16.9 Å². The summed E-state index contributed by atoms with van der Waals surface area (Å²) in [5.74, 6) is 0. The predicted octanol–water partition coefficient (Wildman–Crippen LogP) is 3.51. The molecular formula is C10H16Cl2N2. The first-order valence-corrected chi connectivity index (χ1v) is 5.84. The Morgan fingerprint density at radius 1 is 1.50 bits per heavy atom. The Morgan fingerprint density at radius 2 is 2.21 bits per heavy atom. The Hall–Kier alpha value is -0.210. The highest BCUT2D eigenvalue weighted by Crippen LogP contribution is 2.19. The van der Waals surface area contributed by atoms with Gasteiger partial charge in [0, 0.05) is 11.9 Å². The van der Waals surface area contributed by atoms with Crippen molar-refractivity contribution in [1.29, 1.82) is 0 Å². The van der Waals surface area contributed by atoms with Crippen molar-refractivity contribution in [3.8, 4) is 0 Å². The molecule has 14 heavy (non-hydrogen) atoms. The number of rotatable bonds is 5. The molecule has 1 rings (SSSR count). The third-order valence-electron chi connectivity index (χ3n) is 2.33. The zero-order valence-electron chi connectivity index (χ0n) is 8.63. The number of hydrogen-bond donors (Lipinski definition) is 0. The Bertz CT molecular complexity index is 284. The normalized spacial score (nSPS) is 13.1. The van der Waals surface area contributed by atoms with Crippen molar-refractivity contribution in [2.75, 3.05) is 0 Å². The van der Waals surface area contributed by atoms with Gasteiger partial charge in [-0.1, -0.05) is 18.5 Å². The van der Waals surface area contributed by atoms with Crippen LogP contribution < -0.4 is 0 Å². The van der Waals surface area contributed by atoms with Gasteiger partial charge >= 0.3 is 0 Å². The summed E-state index contributed by atoms with van der Waals surface area (Å²) in [6.07, 6.45) is 4.58. The molecule has 1 aromatic heterocycles. The molecule has 0 spiro atoms. The fraction of sp³-hybridized carbons (Fsp3) is 0.700. The monoisotopic (exact) mass is 234 g/mol. The van der Waals surface area contributed by atoms with E-state index in [9.17, 15) is 0 Å². The van der Waals surface area contributed by atoms with Gasteiger partial charge in [0.15, 0.2) is 0 Å². The number of nitrogens with zero attached hydrogens (tertiary/aromatic N) is 2. The minimum absolute atomic E-state index is 0.242. The number of aromatic nitrogens is 2. The molecule has 1 atom stereocenters. The smallest absolute Gasteiger partial charge is 0.0817 e. The van der Waals surface area contributed by atoms with E-state index in [0.29, 0.717) is 0 Å². The molecule has 0 saturated heterocycles. The second kappa shape index (κ2) is 5.62. The maximum atomic E-state index is 6.06. The molecule has 1 heterocycles. The summed E-state index contributed by atoms with van der Waals surface area (Å²) < 4.78 is 1.93. The molecular weight excluding hydrogens is 219 g/mol. The van der Waals surface area contributed by atoms with Crippen LogP contribution in [0.25, 0.3) is 0 Å².